The van der Waals surface area contributed by atoms with E-state index in [0.29, 0.717) is 16.3 Å². The van der Waals surface area contributed by atoms with E-state index in [0.717, 1.165) is 4.31 Å². The molecule has 12 heteroatoms. The van der Waals surface area contributed by atoms with Crippen molar-refractivity contribution in [1.82, 2.24) is 10.2 Å². The number of anilines is 1. The average Bonchev–Trinajstić information content (AvgIpc) is 2.95. The molecule has 0 radical (unpaired) electrons. The van der Waals surface area contributed by atoms with Crippen molar-refractivity contribution in [2.24, 2.45) is 0 Å². The number of ether oxygens (including phenoxy) is 2. The monoisotopic (exact) mass is 635 g/mol. The third kappa shape index (κ3) is 8.08. The maximum Gasteiger partial charge on any atom is 0.264 e. The molecule has 1 N–H and O–H groups in total. The van der Waals surface area contributed by atoms with Crippen LogP contribution in [0.4, 0.5) is 5.69 Å². The fourth-order valence-corrected chi connectivity index (χ4v) is 5.87. The lowest BCUT2D eigenvalue weighted by molar-refractivity contribution is -0.140. The highest BCUT2D eigenvalue weighted by Crippen LogP contribution is 2.36. The topological polar surface area (TPSA) is 105 Å². The normalized spacial score (nSPS) is 12.3. The van der Waals surface area contributed by atoms with Gasteiger partial charge in [0.1, 0.15) is 24.1 Å². The molecule has 226 valence electrons. The fraction of sp³-hybridized carbons (Fsp3) is 0.333. The molecule has 0 saturated carbocycles. The molecule has 0 fully saturated rings. The van der Waals surface area contributed by atoms with Crippen LogP contribution in [0.15, 0.2) is 71.6 Å². The zero-order chi connectivity index (χ0) is 31.2. The van der Waals surface area contributed by atoms with Crippen molar-refractivity contribution < 1.29 is 27.5 Å². The Hall–Kier alpha value is -3.47. The van der Waals surface area contributed by atoms with Gasteiger partial charge in [0.2, 0.25) is 11.8 Å². The molecule has 1 unspecified atom stereocenters. The summed E-state index contributed by atoms with van der Waals surface area (Å²) in [5, 5.41) is 3.50. The van der Waals surface area contributed by atoms with Crippen molar-refractivity contribution in [2.45, 2.75) is 50.7 Å². The molecule has 1 atom stereocenters. The van der Waals surface area contributed by atoms with Gasteiger partial charge in [-0.05, 0) is 69.7 Å². The molecule has 0 aliphatic carbocycles. The van der Waals surface area contributed by atoms with Gasteiger partial charge in [0, 0.05) is 18.2 Å². The predicted molar refractivity (Wildman–Crippen MR) is 165 cm³/mol. The second-order valence-electron chi connectivity index (χ2n) is 10.5. The number of amides is 2. The van der Waals surface area contributed by atoms with Gasteiger partial charge in [-0.25, -0.2) is 8.42 Å². The van der Waals surface area contributed by atoms with Crippen molar-refractivity contribution in [1.29, 1.82) is 0 Å². The van der Waals surface area contributed by atoms with E-state index in [1.54, 1.807) is 55.5 Å². The minimum absolute atomic E-state index is 0.0303. The maximum atomic E-state index is 14.1. The van der Waals surface area contributed by atoms with E-state index in [4.69, 9.17) is 32.7 Å². The Labute approximate surface area is 257 Å². The summed E-state index contributed by atoms with van der Waals surface area (Å²) in [5.41, 5.74) is 0.125. The van der Waals surface area contributed by atoms with Crippen LogP contribution in [0.5, 0.6) is 11.5 Å². The number of hydrogen-bond acceptors (Lipinski definition) is 6. The van der Waals surface area contributed by atoms with E-state index >= 15 is 0 Å². The third-order valence-corrected chi connectivity index (χ3v) is 8.78. The Bertz CT molecular complexity index is 1530. The summed E-state index contributed by atoms with van der Waals surface area (Å²) in [7, 11) is -1.44. The van der Waals surface area contributed by atoms with Crippen molar-refractivity contribution in [3.05, 3.63) is 82.3 Å². The molecule has 3 aromatic rings. The molecule has 9 nitrogen and oxygen atoms in total. The van der Waals surface area contributed by atoms with Crippen molar-refractivity contribution in [2.75, 3.05) is 25.1 Å². The minimum atomic E-state index is -4.29. The van der Waals surface area contributed by atoms with Crippen molar-refractivity contribution in [3.8, 4) is 11.5 Å². The Morgan fingerprint density at radius 1 is 0.929 bits per heavy atom. The summed E-state index contributed by atoms with van der Waals surface area (Å²) in [6.07, 6.45) is 0. The number of rotatable bonds is 11. The van der Waals surface area contributed by atoms with Gasteiger partial charge in [0.05, 0.1) is 34.8 Å². The van der Waals surface area contributed by atoms with Crippen LogP contribution in [0.3, 0.4) is 0 Å². The van der Waals surface area contributed by atoms with Gasteiger partial charge < -0.3 is 19.7 Å². The number of nitrogens with one attached hydrogen (secondary N) is 1. The number of carbonyl (C=O) groups is 2. The van der Waals surface area contributed by atoms with Crippen LogP contribution in [0, 0.1) is 0 Å². The summed E-state index contributed by atoms with van der Waals surface area (Å²) in [6.45, 7) is 6.38. The first-order valence-electron chi connectivity index (χ1n) is 13.0. The number of hydrogen-bond donors (Lipinski definition) is 1. The first-order chi connectivity index (χ1) is 19.7. The smallest absolute Gasteiger partial charge is 0.264 e. The van der Waals surface area contributed by atoms with Crippen molar-refractivity contribution >= 4 is 50.7 Å². The number of methoxy groups -OCH3 is 2. The molecule has 0 saturated heterocycles. The quantitative estimate of drug-likeness (QED) is 0.297. The van der Waals surface area contributed by atoms with E-state index in [1.165, 1.54) is 37.3 Å². The van der Waals surface area contributed by atoms with Gasteiger partial charge in [0.25, 0.3) is 10.0 Å². The van der Waals surface area contributed by atoms with Crippen LogP contribution >= 0.6 is 23.2 Å². The number of nitrogens with zero attached hydrogens (tertiary/aromatic N) is 2. The molecular weight excluding hydrogens is 601 g/mol. The number of halogens is 2. The first-order valence-corrected chi connectivity index (χ1v) is 15.2. The van der Waals surface area contributed by atoms with Crippen LogP contribution < -0.4 is 19.1 Å². The van der Waals surface area contributed by atoms with E-state index in [9.17, 15) is 18.0 Å². The number of sulfonamides is 1. The predicted octanol–water partition coefficient (Wildman–Crippen LogP) is 5.54. The summed E-state index contributed by atoms with van der Waals surface area (Å²) in [5.74, 6) is -0.482. The van der Waals surface area contributed by atoms with Crippen molar-refractivity contribution in [3.63, 3.8) is 0 Å². The Balaban J connectivity index is 2.13. The molecule has 3 aromatic carbocycles. The van der Waals surface area contributed by atoms with Gasteiger partial charge in [0.15, 0.2) is 0 Å². The molecular formula is C30H35Cl2N3O6S. The summed E-state index contributed by atoms with van der Waals surface area (Å²) >= 11 is 12.3. The van der Waals surface area contributed by atoms with Gasteiger partial charge >= 0.3 is 0 Å². The van der Waals surface area contributed by atoms with Crippen LogP contribution in [-0.4, -0.2) is 57.5 Å². The Morgan fingerprint density at radius 3 is 2.17 bits per heavy atom. The highest BCUT2D eigenvalue weighted by molar-refractivity contribution is 7.92. The number of carbonyl (C=O) groups excluding carboxylic acids is 2. The summed E-state index contributed by atoms with van der Waals surface area (Å²) in [4.78, 5) is 28.7. The standard InChI is InChI=1S/C30H35Cl2N3O6S/c1-20(29(37)33-30(2,3)4)34(18-21-12-14-24(31)25(32)16-21)28(36)19-35(42(38,39)23-10-8-7-9-11-23)26-17-22(40-5)13-15-27(26)41-6/h7-17,20H,18-19H2,1-6H3,(H,33,37). The molecule has 42 heavy (non-hydrogen) atoms. The van der Waals surface area contributed by atoms with Crippen LogP contribution in [0.2, 0.25) is 10.0 Å². The molecule has 0 aliphatic heterocycles. The lowest BCUT2D eigenvalue weighted by Crippen LogP contribution is -2.54. The van der Waals surface area contributed by atoms with Crippen LogP contribution in [-0.2, 0) is 26.2 Å². The second kappa shape index (κ2) is 13.7. The SMILES string of the molecule is COc1ccc(OC)c(N(CC(=O)N(Cc2ccc(Cl)c(Cl)c2)C(C)C(=O)NC(C)(C)C)S(=O)(=O)c2ccccc2)c1. The Morgan fingerprint density at radius 2 is 1.60 bits per heavy atom. The minimum Gasteiger partial charge on any atom is -0.497 e. The lowest BCUT2D eigenvalue weighted by Gasteiger charge is -2.33. The fourth-order valence-electron chi connectivity index (χ4n) is 4.12. The molecule has 0 aliphatic rings. The van der Waals surface area contributed by atoms with E-state index < -0.39 is 40.0 Å². The largest absolute Gasteiger partial charge is 0.497 e. The van der Waals surface area contributed by atoms with Gasteiger partial charge in [-0.2, -0.15) is 0 Å². The molecule has 0 spiro atoms. The molecule has 3 rings (SSSR count). The zero-order valence-corrected chi connectivity index (χ0v) is 26.7. The highest BCUT2D eigenvalue weighted by atomic mass is 35.5. The lowest BCUT2D eigenvalue weighted by atomic mass is 10.1. The van der Waals surface area contributed by atoms with E-state index in [2.05, 4.69) is 5.32 Å². The van der Waals surface area contributed by atoms with Gasteiger partial charge in [-0.1, -0.05) is 47.5 Å². The van der Waals surface area contributed by atoms with E-state index in [1.807, 2.05) is 20.8 Å². The molecule has 0 heterocycles. The van der Waals surface area contributed by atoms with E-state index in [-0.39, 0.29) is 27.9 Å². The average molecular weight is 637 g/mol. The third-order valence-electron chi connectivity index (χ3n) is 6.27. The maximum absolute atomic E-state index is 14.1. The molecule has 0 aromatic heterocycles. The molecule has 0 bridgehead atoms. The zero-order valence-electron chi connectivity index (χ0n) is 24.4. The number of benzene rings is 3. The summed E-state index contributed by atoms with van der Waals surface area (Å²) in [6, 6.07) is 16.3. The van der Waals surface area contributed by atoms with Crippen LogP contribution in [0.25, 0.3) is 0 Å². The summed E-state index contributed by atoms with van der Waals surface area (Å²) < 4.78 is 39.9. The molecule has 2 amide bonds. The van der Waals surface area contributed by atoms with Gasteiger partial charge in [-0.15, -0.1) is 0 Å². The van der Waals surface area contributed by atoms with Crippen LogP contribution in [0.1, 0.15) is 33.3 Å². The first kappa shape index (κ1) is 33.0. The second-order valence-corrected chi connectivity index (χ2v) is 13.2. The Kier molecular flexibility index (Phi) is 10.8. The van der Waals surface area contributed by atoms with Gasteiger partial charge in [-0.3, -0.25) is 13.9 Å². The highest BCUT2D eigenvalue weighted by Gasteiger charge is 2.34.